The van der Waals surface area contributed by atoms with E-state index in [1.165, 1.54) is 44.0 Å². The van der Waals surface area contributed by atoms with Gasteiger partial charge in [0.1, 0.15) is 0 Å². The van der Waals surface area contributed by atoms with E-state index in [4.69, 9.17) is 0 Å². The van der Waals surface area contributed by atoms with Crippen LogP contribution in [0.4, 0.5) is 34.1 Å². The molecule has 0 bridgehead atoms. The van der Waals surface area contributed by atoms with Crippen molar-refractivity contribution in [1.29, 1.82) is 0 Å². The minimum atomic E-state index is -1.99. The largest absolute Gasteiger partial charge is 0.310 e. The normalized spacial score (nSPS) is 13.4. The fourth-order valence-electron chi connectivity index (χ4n) is 10.1. The predicted octanol–water partition coefficient (Wildman–Crippen LogP) is 15.0. The van der Waals surface area contributed by atoms with Crippen molar-refractivity contribution in [3.63, 3.8) is 0 Å². The molecule has 0 unspecified atom stereocenters. The second kappa shape index (κ2) is 13.3. The zero-order valence-corrected chi connectivity index (χ0v) is 34.7. The summed E-state index contributed by atoms with van der Waals surface area (Å²) in [5.41, 5.74) is 13.0. The summed E-state index contributed by atoms with van der Waals surface area (Å²) in [6, 6.07) is 67.1. The Morgan fingerprint density at radius 1 is 0.327 bits per heavy atom. The van der Waals surface area contributed by atoms with Gasteiger partial charge in [0, 0.05) is 38.8 Å². The lowest BCUT2D eigenvalue weighted by Gasteiger charge is -2.52. The Morgan fingerprint density at radius 3 is 0.927 bits per heavy atom. The van der Waals surface area contributed by atoms with Gasteiger partial charge in [-0.15, -0.1) is 0 Å². The summed E-state index contributed by atoms with van der Waals surface area (Å²) in [5, 5.41) is 5.39. The summed E-state index contributed by atoms with van der Waals surface area (Å²) < 4.78 is -0.0240. The fourth-order valence-corrected chi connectivity index (χ4v) is 23.2. The first kappa shape index (κ1) is 35.0. The Hall–Kier alpha value is -5.69. The number of anilines is 6. The smallest absolute Gasteiger partial charge is 0.0579 e. The molecule has 0 saturated heterocycles. The van der Waals surface area contributed by atoms with Gasteiger partial charge in [0.2, 0.25) is 0 Å². The van der Waals surface area contributed by atoms with E-state index in [-0.39, 0.29) is 4.66 Å². The molecule has 55 heavy (non-hydrogen) atoms. The highest BCUT2D eigenvalue weighted by molar-refractivity contribution is 7.00. The van der Waals surface area contributed by atoms with Crippen LogP contribution in [0.15, 0.2) is 182 Å². The van der Waals surface area contributed by atoms with Crippen molar-refractivity contribution in [3.8, 4) is 11.1 Å². The third kappa shape index (κ3) is 5.58. The van der Waals surface area contributed by atoms with E-state index in [1.54, 1.807) is 11.1 Å². The molecule has 0 N–H and O–H groups in total. The van der Waals surface area contributed by atoms with Crippen molar-refractivity contribution in [2.24, 2.45) is 0 Å². The molecule has 4 heteroatoms. The van der Waals surface area contributed by atoms with Crippen molar-refractivity contribution in [1.82, 2.24) is 0 Å². The highest BCUT2D eigenvalue weighted by Gasteiger charge is 2.60. The van der Waals surface area contributed by atoms with E-state index in [2.05, 4.69) is 231 Å². The molecule has 9 rings (SSSR count). The van der Waals surface area contributed by atoms with Crippen molar-refractivity contribution in [2.45, 2.75) is 43.9 Å². The van der Waals surface area contributed by atoms with Crippen LogP contribution in [0.1, 0.15) is 11.1 Å². The van der Waals surface area contributed by atoms with Gasteiger partial charge in [-0.2, -0.15) is 0 Å². The number of benzene rings is 8. The number of fused-ring (bicyclic) bond motifs is 7. The molecule has 0 heterocycles. The molecule has 270 valence electrons. The highest BCUT2D eigenvalue weighted by atomic mass is 28.4. The van der Waals surface area contributed by atoms with Gasteiger partial charge in [-0.3, -0.25) is 0 Å². The summed E-state index contributed by atoms with van der Waals surface area (Å²) in [6.45, 7) is 15.8. The van der Waals surface area contributed by atoms with Crippen LogP contribution >= 0.6 is 0 Å². The quantitative estimate of drug-likeness (QED) is 0.143. The molecule has 0 radical (unpaired) electrons. The van der Waals surface area contributed by atoms with Crippen molar-refractivity contribution in [3.05, 3.63) is 193 Å². The van der Waals surface area contributed by atoms with E-state index in [9.17, 15) is 0 Å². The van der Waals surface area contributed by atoms with Crippen LogP contribution in [0.2, 0.25) is 39.3 Å². The Morgan fingerprint density at radius 2 is 0.636 bits per heavy atom. The molecule has 0 aromatic heterocycles. The Labute approximate surface area is 328 Å². The van der Waals surface area contributed by atoms with Crippen LogP contribution in [0, 0.1) is 0 Å². The average Bonchev–Trinajstić information content (AvgIpc) is 3.53. The first-order valence-corrected chi connectivity index (χ1v) is 26.5. The summed E-state index contributed by atoms with van der Waals surface area (Å²) in [7, 11) is -3.97. The Bertz CT molecular complexity index is 2390. The number of nitrogens with zero attached hydrogens (tertiary/aromatic N) is 2. The van der Waals surface area contributed by atoms with Gasteiger partial charge in [0.25, 0.3) is 0 Å². The molecule has 0 spiro atoms. The van der Waals surface area contributed by atoms with Crippen LogP contribution in [0.25, 0.3) is 32.7 Å². The van der Waals surface area contributed by atoms with E-state index in [0.29, 0.717) is 0 Å². The Kier molecular flexibility index (Phi) is 8.45. The molecule has 1 aliphatic rings. The highest BCUT2D eigenvalue weighted by Crippen LogP contribution is 2.61. The van der Waals surface area contributed by atoms with Crippen LogP contribution in [0.3, 0.4) is 0 Å². The van der Waals surface area contributed by atoms with E-state index >= 15 is 0 Å². The first-order chi connectivity index (χ1) is 26.6. The number of hydrogen-bond donors (Lipinski definition) is 0. The van der Waals surface area contributed by atoms with Gasteiger partial charge >= 0.3 is 0 Å². The molecule has 2 nitrogen and oxygen atoms in total. The molecule has 0 amide bonds. The third-order valence-electron chi connectivity index (χ3n) is 11.9. The first-order valence-electron chi connectivity index (χ1n) is 19.5. The van der Waals surface area contributed by atoms with E-state index < -0.39 is 16.1 Å². The second-order valence-electron chi connectivity index (χ2n) is 17.1. The van der Waals surface area contributed by atoms with Gasteiger partial charge in [-0.25, -0.2) is 0 Å². The maximum absolute atomic E-state index is 2.63. The number of hydrogen-bond acceptors (Lipinski definition) is 2. The van der Waals surface area contributed by atoms with Gasteiger partial charge < -0.3 is 9.80 Å². The van der Waals surface area contributed by atoms with Crippen molar-refractivity contribution < 1.29 is 0 Å². The summed E-state index contributed by atoms with van der Waals surface area (Å²) in [5.74, 6) is 0. The topological polar surface area (TPSA) is 6.48 Å². The molecule has 1 aliphatic carbocycles. The molecular weight excluding hydrogens is 697 g/mol. The second-order valence-corrected chi connectivity index (χ2v) is 28.1. The molecule has 0 saturated carbocycles. The minimum absolute atomic E-state index is 0.0240. The van der Waals surface area contributed by atoms with Crippen LogP contribution in [0.5, 0.6) is 0 Å². The number of rotatable bonds is 8. The predicted molar refractivity (Wildman–Crippen MR) is 244 cm³/mol. The molecule has 0 atom stereocenters. The van der Waals surface area contributed by atoms with Crippen LogP contribution in [-0.2, 0) is 4.66 Å². The number of para-hydroxylation sites is 4. The lowest BCUT2D eigenvalue weighted by Crippen LogP contribution is -2.63. The third-order valence-corrected chi connectivity index (χ3v) is 21.9. The van der Waals surface area contributed by atoms with Gasteiger partial charge in [-0.1, -0.05) is 148 Å². The molecular formula is C51H48N2Si2. The summed E-state index contributed by atoms with van der Waals surface area (Å²) >= 11 is 0. The van der Waals surface area contributed by atoms with Crippen LogP contribution in [-0.4, -0.2) is 16.1 Å². The zero-order chi connectivity index (χ0) is 38.0. The molecule has 8 aromatic rings. The van der Waals surface area contributed by atoms with E-state index in [0.717, 1.165) is 22.7 Å². The standard InChI is InChI=1S/C51H48N2Si2/c1-54(2,3)51(55(4,5)6)49-45-33-29-43(52(39-19-11-7-12-20-39)40-21-13-8-14-22-40)35-37(45)27-31-47(49)48-32-28-38-36-44(30-34-46(38)50(48)51)53(41-23-15-9-16-24-41)42-25-17-10-18-26-42/h7-36H,1-6H3. The van der Waals surface area contributed by atoms with Crippen molar-refractivity contribution in [2.75, 3.05) is 9.80 Å². The molecule has 0 aliphatic heterocycles. The SMILES string of the molecule is C[Si](C)(C)C1([Si](C)(C)C)c2c(ccc3cc(N(c4ccccc4)c4ccccc4)ccc23)-c2ccc3cc(N(c4ccccc4)c4ccccc4)ccc3c21. The fraction of sp³-hybridized carbons (Fsp3) is 0.137. The summed E-state index contributed by atoms with van der Waals surface area (Å²) in [4.78, 5) is 4.76. The van der Waals surface area contributed by atoms with Gasteiger partial charge in [0.05, 0.1) is 16.1 Å². The molecule has 8 aromatic carbocycles. The van der Waals surface area contributed by atoms with E-state index in [1.807, 2.05) is 0 Å². The lowest BCUT2D eigenvalue weighted by atomic mass is 9.97. The lowest BCUT2D eigenvalue weighted by molar-refractivity contribution is 0.972. The van der Waals surface area contributed by atoms with Gasteiger partial charge in [0.15, 0.2) is 0 Å². The average molecular weight is 745 g/mol. The van der Waals surface area contributed by atoms with Crippen LogP contribution < -0.4 is 9.80 Å². The van der Waals surface area contributed by atoms with Crippen molar-refractivity contribution >= 4 is 71.8 Å². The zero-order valence-electron chi connectivity index (χ0n) is 32.7. The minimum Gasteiger partial charge on any atom is -0.310 e. The Balaban J connectivity index is 1.27. The molecule has 0 fully saturated rings. The van der Waals surface area contributed by atoms with Gasteiger partial charge in [-0.05, 0) is 117 Å². The maximum atomic E-state index is 2.63. The maximum Gasteiger partial charge on any atom is 0.0579 e. The monoisotopic (exact) mass is 744 g/mol. The summed E-state index contributed by atoms with van der Waals surface area (Å²) in [6.07, 6.45) is 0.